The van der Waals surface area contributed by atoms with Crippen LogP contribution < -0.4 is 9.47 Å². The van der Waals surface area contributed by atoms with Gasteiger partial charge in [0.2, 0.25) is 0 Å². The average Bonchev–Trinajstić information content (AvgIpc) is 3.53. The van der Waals surface area contributed by atoms with Gasteiger partial charge < -0.3 is 19.5 Å². The van der Waals surface area contributed by atoms with Crippen molar-refractivity contribution in [3.05, 3.63) is 130 Å². The highest BCUT2D eigenvalue weighted by atomic mass is 35.5. The molecule has 2 heterocycles. The van der Waals surface area contributed by atoms with Gasteiger partial charge >= 0.3 is 0 Å². The molecule has 1 unspecified atom stereocenters. The molecule has 4 aromatic carbocycles. The highest BCUT2D eigenvalue weighted by molar-refractivity contribution is 6.31. The van der Waals surface area contributed by atoms with Gasteiger partial charge in [-0.25, -0.2) is 0 Å². The number of nitrogens with one attached hydrogen (secondary N) is 1. The van der Waals surface area contributed by atoms with Crippen LogP contribution in [0.5, 0.6) is 17.2 Å². The van der Waals surface area contributed by atoms with Gasteiger partial charge in [-0.15, -0.1) is 0 Å². The number of methoxy groups -OCH3 is 1. The van der Waals surface area contributed by atoms with E-state index in [4.69, 9.17) is 21.1 Å². The maximum atomic E-state index is 13.8. The molecule has 1 aliphatic rings. The summed E-state index contributed by atoms with van der Waals surface area (Å²) in [7, 11) is 1.59. The molecular weight excluding hydrogens is 526 g/mol. The van der Waals surface area contributed by atoms with Gasteiger partial charge in [0, 0.05) is 22.7 Å². The molecule has 7 nitrogen and oxygen atoms in total. The molecule has 1 aliphatic heterocycles. The fourth-order valence-corrected chi connectivity index (χ4v) is 5.27. The first-order chi connectivity index (χ1) is 19.5. The number of phenols is 1. The fourth-order valence-electron chi connectivity index (χ4n) is 5.10. The lowest BCUT2D eigenvalue weighted by atomic mass is 9.95. The van der Waals surface area contributed by atoms with Crippen LogP contribution in [0.1, 0.15) is 38.8 Å². The van der Waals surface area contributed by atoms with Crippen molar-refractivity contribution in [2.45, 2.75) is 19.2 Å². The van der Waals surface area contributed by atoms with E-state index >= 15 is 0 Å². The van der Waals surface area contributed by atoms with E-state index in [0.717, 1.165) is 16.7 Å². The predicted octanol–water partition coefficient (Wildman–Crippen LogP) is 6.77. The summed E-state index contributed by atoms with van der Waals surface area (Å²) in [5.74, 6) is 0.972. The zero-order valence-corrected chi connectivity index (χ0v) is 22.4. The molecule has 5 aromatic rings. The van der Waals surface area contributed by atoms with Gasteiger partial charge in [0.05, 0.1) is 13.2 Å². The van der Waals surface area contributed by atoms with Crippen LogP contribution in [0.2, 0.25) is 5.02 Å². The molecular formula is C32H26ClN3O4. The van der Waals surface area contributed by atoms with Crippen molar-refractivity contribution in [3.63, 3.8) is 0 Å². The first-order valence-electron chi connectivity index (χ1n) is 12.8. The lowest BCUT2D eigenvalue weighted by Crippen LogP contribution is -2.29. The number of hydrogen-bond donors (Lipinski definition) is 2. The van der Waals surface area contributed by atoms with Crippen molar-refractivity contribution in [2.75, 3.05) is 7.11 Å². The molecule has 1 atom stereocenters. The van der Waals surface area contributed by atoms with E-state index in [9.17, 15) is 9.90 Å². The Morgan fingerprint density at radius 2 is 1.65 bits per heavy atom. The smallest absolute Gasteiger partial charge is 0.273 e. The Kier molecular flexibility index (Phi) is 6.88. The summed E-state index contributed by atoms with van der Waals surface area (Å²) >= 11 is 6.28. The molecule has 0 saturated heterocycles. The van der Waals surface area contributed by atoms with E-state index in [0.29, 0.717) is 52.2 Å². The first kappa shape index (κ1) is 25.5. The number of nitrogens with zero attached hydrogens (tertiary/aromatic N) is 2. The third-order valence-electron chi connectivity index (χ3n) is 7.01. The normalized spacial score (nSPS) is 14.3. The molecule has 200 valence electrons. The minimum Gasteiger partial charge on any atom is -0.507 e. The third-order valence-corrected chi connectivity index (χ3v) is 7.25. The van der Waals surface area contributed by atoms with E-state index in [1.54, 1.807) is 24.1 Å². The average molecular weight is 552 g/mol. The Morgan fingerprint density at radius 3 is 2.38 bits per heavy atom. The van der Waals surface area contributed by atoms with Gasteiger partial charge in [-0.2, -0.15) is 5.10 Å². The first-order valence-corrected chi connectivity index (χ1v) is 13.2. The summed E-state index contributed by atoms with van der Waals surface area (Å²) in [5.41, 5.74) is 4.79. The Morgan fingerprint density at radius 1 is 0.925 bits per heavy atom. The topological polar surface area (TPSA) is 87.7 Å². The van der Waals surface area contributed by atoms with Crippen LogP contribution in [-0.2, 0) is 13.2 Å². The Labute approximate surface area is 236 Å². The van der Waals surface area contributed by atoms with Crippen molar-refractivity contribution in [2.24, 2.45) is 0 Å². The molecule has 0 spiro atoms. The molecule has 6 rings (SSSR count). The minimum absolute atomic E-state index is 0.0219. The van der Waals surface area contributed by atoms with E-state index in [2.05, 4.69) is 10.2 Å². The summed E-state index contributed by atoms with van der Waals surface area (Å²) in [4.78, 5) is 15.6. The molecule has 0 aliphatic carbocycles. The molecule has 0 fully saturated rings. The van der Waals surface area contributed by atoms with Gasteiger partial charge in [-0.3, -0.25) is 9.89 Å². The second-order valence-electron chi connectivity index (χ2n) is 9.53. The standard InChI is InChI=1S/C32H26ClN3O4/c1-39-27-16-22(12-15-26(27)40-19-21-10-6-3-7-11-21)31-28-29(24-17-23(33)13-14-25(24)37)34-35-30(28)32(38)36(31)18-20-8-4-2-5-9-20/h2-17,31,37H,18-19H2,1H3,(H,34,35). The molecule has 40 heavy (non-hydrogen) atoms. The van der Waals surface area contributed by atoms with Crippen molar-refractivity contribution >= 4 is 17.5 Å². The second-order valence-corrected chi connectivity index (χ2v) is 9.96. The highest BCUT2D eigenvalue weighted by Gasteiger charge is 2.42. The summed E-state index contributed by atoms with van der Waals surface area (Å²) in [6.07, 6.45) is 0. The SMILES string of the molecule is COc1cc(C2c3c(-c4cc(Cl)ccc4O)n[nH]c3C(=O)N2Cc2ccccc2)ccc1OCc1ccccc1. The van der Waals surface area contributed by atoms with Gasteiger partial charge in [0.1, 0.15) is 23.7 Å². The summed E-state index contributed by atoms with van der Waals surface area (Å²) in [5, 5.41) is 18.5. The maximum Gasteiger partial charge on any atom is 0.273 e. The van der Waals surface area contributed by atoms with Gasteiger partial charge in [0.15, 0.2) is 11.5 Å². The zero-order valence-electron chi connectivity index (χ0n) is 21.7. The Bertz CT molecular complexity index is 1670. The van der Waals surface area contributed by atoms with Crippen LogP contribution in [0, 0.1) is 0 Å². The molecule has 2 N–H and O–H groups in total. The summed E-state index contributed by atoms with van der Waals surface area (Å²) in [6.45, 7) is 0.769. The minimum atomic E-state index is -0.507. The van der Waals surface area contributed by atoms with Crippen LogP contribution in [0.3, 0.4) is 0 Å². The lowest BCUT2D eigenvalue weighted by molar-refractivity contribution is 0.0730. The van der Waals surface area contributed by atoms with Gasteiger partial charge in [-0.05, 0) is 47.0 Å². The van der Waals surface area contributed by atoms with Crippen molar-refractivity contribution < 1.29 is 19.4 Å². The number of aromatic hydroxyl groups is 1. The maximum absolute atomic E-state index is 13.8. The zero-order chi connectivity index (χ0) is 27.6. The van der Waals surface area contributed by atoms with Crippen molar-refractivity contribution in [1.29, 1.82) is 0 Å². The quantitative estimate of drug-likeness (QED) is 0.222. The van der Waals surface area contributed by atoms with E-state index < -0.39 is 6.04 Å². The molecule has 8 heteroatoms. The Hall–Kier alpha value is -4.75. The number of carbonyl (C=O) groups excluding carboxylic acids is 1. The van der Waals surface area contributed by atoms with Crippen molar-refractivity contribution in [1.82, 2.24) is 15.1 Å². The van der Waals surface area contributed by atoms with E-state index in [1.807, 2.05) is 78.9 Å². The number of halogens is 1. The molecule has 0 bridgehead atoms. The highest BCUT2D eigenvalue weighted by Crippen LogP contribution is 2.46. The second kappa shape index (κ2) is 10.8. The number of rotatable bonds is 8. The number of benzene rings is 4. The van der Waals surface area contributed by atoms with E-state index in [1.165, 1.54) is 6.07 Å². The number of carbonyl (C=O) groups is 1. The van der Waals surface area contributed by atoms with Crippen molar-refractivity contribution in [3.8, 4) is 28.5 Å². The van der Waals surface area contributed by atoms with E-state index in [-0.39, 0.29) is 11.7 Å². The third kappa shape index (κ3) is 4.76. The number of aromatic amines is 1. The number of aromatic nitrogens is 2. The van der Waals surface area contributed by atoms with Crippen LogP contribution in [0.25, 0.3) is 11.3 Å². The van der Waals surface area contributed by atoms with Gasteiger partial charge in [-0.1, -0.05) is 78.3 Å². The number of ether oxygens (including phenoxy) is 2. The molecule has 1 amide bonds. The summed E-state index contributed by atoms with van der Waals surface area (Å²) < 4.78 is 11.8. The number of phenolic OH excluding ortho intramolecular Hbond substituents is 1. The fraction of sp³-hybridized carbons (Fsp3) is 0.125. The Balaban J connectivity index is 1.43. The summed E-state index contributed by atoms with van der Waals surface area (Å²) in [6, 6.07) is 29.7. The number of H-pyrrole nitrogens is 1. The molecule has 0 saturated carbocycles. The van der Waals surface area contributed by atoms with Gasteiger partial charge in [0.25, 0.3) is 5.91 Å². The monoisotopic (exact) mass is 551 g/mol. The number of amides is 1. The predicted molar refractivity (Wildman–Crippen MR) is 153 cm³/mol. The largest absolute Gasteiger partial charge is 0.507 e. The number of fused-ring (bicyclic) bond motifs is 1. The van der Waals surface area contributed by atoms with Crippen LogP contribution in [0.15, 0.2) is 97.1 Å². The lowest BCUT2D eigenvalue weighted by Gasteiger charge is -2.27. The molecule has 0 radical (unpaired) electrons. The van der Waals surface area contributed by atoms with Crippen LogP contribution in [-0.4, -0.2) is 33.2 Å². The van der Waals surface area contributed by atoms with Crippen LogP contribution >= 0.6 is 11.6 Å². The molecule has 1 aromatic heterocycles. The number of hydrogen-bond acceptors (Lipinski definition) is 5. The van der Waals surface area contributed by atoms with Crippen LogP contribution in [0.4, 0.5) is 0 Å².